The molecule has 0 aromatic heterocycles. The van der Waals surface area contributed by atoms with E-state index in [9.17, 15) is 10.2 Å². The van der Waals surface area contributed by atoms with Gasteiger partial charge in [-0.1, -0.05) is 6.92 Å². The molecule has 2 bridgehead atoms. The van der Waals surface area contributed by atoms with Gasteiger partial charge >= 0.3 is 0 Å². The van der Waals surface area contributed by atoms with Crippen LogP contribution in [0.1, 0.15) is 39.0 Å². The van der Waals surface area contributed by atoms with Crippen molar-refractivity contribution >= 4 is 0 Å². The zero-order valence-corrected chi connectivity index (χ0v) is 9.63. The van der Waals surface area contributed by atoms with Crippen LogP contribution in [0.2, 0.25) is 0 Å². The maximum Gasteiger partial charge on any atom is 0.106 e. The first kappa shape index (κ1) is 11.0. The summed E-state index contributed by atoms with van der Waals surface area (Å²) in [6.45, 7) is 2.13. The molecule has 3 aliphatic rings. The number of ether oxygens (including phenoxy) is 2. The Bertz CT molecular complexity index is 278. The molecule has 6 atom stereocenters. The zero-order chi connectivity index (χ0) is 11.3. The predicted octanol–water partition coefficient (Wildman–Crippen LogP) is 0.597. The normalized spacial score (nSPS) is 56.1. The number of fused-ring (bicyclic) bond motifs is 1. The quantitative estimate of drug-likeness (QED) is 0.690. The maximum absolute atomic E-state index is 9.84. The lowest BCUT2D eigenvalue weighted by molar-refractivity contribution is -0.177. The number of hydrogen-bond donors (Lipinski definition) is 2. The van der Waals surface area contributed by atoms with Crippen molar-refractivity contribution in [1.29, 1.82) is 0 Å². The Labute approximate surface area is 95.6 Å². The van der Waals surface area contributed by atoms with Gasteiger partial charge < -0.3 is 19.7 Å². The fourth-order valence-corrected chi connectivity index (χ4v) is 3.51. The molecule has 0 unspecified atom stereocenters. The highest BCUT2D eigenvalue weighted by Gasteiger charge is 2.59. The van der Waals surface area contributed by atoms with E-state index in [0.29, 0.717) is 12.5 Å². The minimum absolute atomic E-state index is 0.0760. The fraction of sp³-hybridized carbons (Fsp3) is 1.00. The number of hydrogen-bond acceptors (Lipinski definition) is 4. The van der Waals surface area contributed by atoms with Crippen molar-refractivity contribution in [3.05, 3.63) is 0 Å². The molecular formula is C12H20O4. The van der Waals surface area contributed by atoms with Crippen molar-refractivity contribution in [2.45, 2.75) is 75.1 Å². The standard InChI is InChI=1S/C12H20O4/c1-2-7-3-4-10-12(16-7)5-8(13)11(14)9(6-12)15-10/h7-11,13-14H,2-6H2,1H3/t7-,8+,9+,10-,11+,12-/m0/s1. The van der Waals surface area contributed by atoms with Crippen molar-refractivity contribution < 1.29 is 19.7 Å². The average molecular weight is 228 g/mol. The van der Waals surface area contributed by atoms with Gasteiger partial charge in [0, 0.05) is 12.8 Å². The van der Waals surface area contributed by atoms with Gasteiger partial charge in [-0.2, -0.15) is 0 Å². The third kappa shape index (κ3) is 1.44. The lowest BCUT2D eigenvalue weighted by atomic mass is 9.76. The third-order valence-corrected chi connectivity index (χ3v) is 4.41. The lowest BCUT2D eigenvalue weighted by Gasteiger charge is -2.44. The third-order valence-electron chi connectivity index (χ3n) is 4.41. The van der Waals surface area contributed by atoms with Gasteiger partial charge in [-0.05, 0) is 19.3 Å². The summed E-state index contributed by atoms with van der Waals surface area (Å²) in [7, 11) is 0. The second kappa shape index (κ2) is 3.67. The van der Waals surface area contributed by atoms with Crippen LogP contribution in [0.15, 0.2) is 0 Å². The highest BCUT2D eigenvalue weighted by molar-refractivity contribution is 5.09. The van der Waals surface area contributed by atoms with Crippen molar-refractivity contribution in [2.24, 2.45) is 0 Å². The zero-order valence-electron chi connectivity index (χ0n) is 9.63. The molecule has 2 N–H and O–H groups in total. The topological polar surface area (TPSA) is 58.9 Å². The van der Waals surface area contributed by atoms with Crippen LogP contribution in [0.25, 0.3) is 0 Å². The SMILES string of the molecule is CC[C@H]1CC[C@@H]2O[C@@H]3C[C@]2(C[C@@H](O)[C@H]3O)O1. The van der Waals surface area contributed by atoms with Gasteiger partial charge in [0.25, 0.3) is 0 Å². The Morgan fingerprint density at radius 1 is 1.25 bits per heavy atom. The molecule has 4 nitrogen and oxygen atoms in total. The van der Waals surface area contributed by atoms with Gasteiger partial charge in [-0.3, -0.25) is 0 Å². The summed E-state index contributed by atoms with van der Waals surface area (Å²) in [5, 5.41) is 19.6. The molecule has 16 heavy (non-hydrogen) atoms. The van der Waals surface area contributed by atoms with Crippen LogP contribution in [-0.2, 0) is 9.47 Å². The summed E-state index contributed by atoms with van der Waals surface area (Å²) in [6.07, 6.45) is 3.00. The van der Waals surface area contributed by atoms with Gasteiger partial charge in [0.1, 0.15) is 6.10 Å². The Kier molecular flexibility index (Phi) is 2.51. The maximum atomic E-state index is 9.84. The minimum Gasteiger partial charge on any atom is -0.390 e. The van der Waals surface area contributed by atoms with Crippen molar-refractivity contribution in [3.8, 4) is 0 Å². The molecular weight excluding hydrogens is 208 g/mol. The van der Waals surface area contributed by atoms with E-state index in [2.05, 4.69) is 6.92 Å². The number of aliphatic hydroxyl groups excluding tert-OH is 2. The van der Waals surface area contributed by atoms with Crippen LogP contribution >= 0.6 is 0 Å². The van der Waals surface area contributed by atoms with Crippen molar-refractivity contribution in [1.82, 2.24) is 0 Å². The molecule has 1 aliphatic carbocycles. The van der Waals surface area contributed by atoms with Crippen LogP contribution < -0.4 is 0 Å². The van der Waals surface area contributed by atoms with Gasteiger partial charge in [-0.25, -0.2) is 0 Å². The molecule has 0 aromatic rings. The van der Waals surface area contributed by atoms with E-state index in [4.69, 9.17) is 9.47 Å². The van der Waals surface area contributed by atoms with E-state index < -0.39 is 12.2 Å². The molecule has 92 valence electrons. The number of rotatable bonds is 1. The van der Waals surface area contributed by atoms with Crippen LogP contribution in [0.4, 0.5) is 0 Å². The highest BCUT2D eigenvalue weighted by Crippen LogP contribution is 2.49. The van der Waals surface area contributed by atoms with E-state index in [-0.39, 0.29) is 17.8 Å². The largest absolute Gasteiger partial charge is 0.390 e. The van der Waals surface area contributed by atoms with Crippen molar-refractivity contribution in [3.63, 3.8) is 0 Å². The lowest BCUT2D eigenvalue weighted by Crippen LogP contribution is -2.54. The van der Waals surface area contributed by atoms with E-state index in [1.165, 1.54) is 0 Å². The second-order valence-electron chi connectivity index (χ2n) is 5.42. The summed E-state index contributed by atoms with van der Waals surface area (Å²) >= 11 is 0. The Morgan fingerprint density at radius 3 is 2.81 bits per heavy atom. The molecule has 0 radical (unpaired) electrons. The Morgan fingerprint density at radius 2 is 2.06 bits per heavy atom. The van der Waals surface area contributed by atoms with Crippen LogP contribution in [0, 0.1) is 0 Å². The molecule has 1 spiro atoms. The second-order valence-corrected chi connectivity index (χ2v) is 5.42. The summed E-state index contributed by atoms with van der Waals surface area (Å²) in [4.78, 5) is 0. The predicted molar refractivity (Wildman–Crippen MR) is 57.0 cm³/mol. The molecule has 0 aromatic carbocycles. The molecule has 2 heterocycles. The monoisotopic (exact) mass is 228 g/mol. The van der Waals surface area contributed by atoms with Gasteiger partial charge in [0.15, 0.2) is 0 Å². The van der Waals surface area contributed by atoms with Crippen LogP contribution in [-0.4, -0.2) is 46.3 Å². The summed E-state index contributed by atoms with van der Waals surface area (Å²) in [5.74, 6) is 0. The molecule has 3 rings (SSSR count). The van der Waals surface area contributed by atoms with E-state index in [1.54, 1.807) is 0 Å². The Balaban J connectivity index is 1.84. The molecule has 0 amide bonds. The summed E-state index contributed by atoms with van der Waals surface area (Å²) in [6, 6.07) is 0. The Hall–Kier alpha value is -0.160. The minimum atomic E-state index is -0.736. The molecule has 4 heteroatoms. The molecule has 3 fully saturated rings. The smallest absolute Gasteiger partial charge is 0.106 e. The summed E-state index contributed by atoms with van der Waals surface area (Å²) < 4.78 is 12.0. The van der Waals surface area contributed by atoms with Gasteiger partial charge in [0.05, 0.1) is 30.0 Å². The van der Waals surface area contributed by atoms with Crippen molar-refractivity contribution in [2.75, 3.05) is 0 Å². The first-order valence-electron chi connectivity index (χ1n) is 6.34. The molecule has 1 saturated carbocycles. The first-order chi connectivity index (χ1) is 7.64. The number of aliphatic hydroxyl groups is 2. The fourth-order valence-electron chi connectivity index (χ4n) is 3.51. The average Bonchev–Trinajstić information content (AvgIpc) is 2.60. The highest BCUT2D eigenvalue weighted by atomic mass is 16.6. The van der Waals surface area contributed by atoms with E-state index in [0.717, 1.165) is 25.7 Å². The van der Waals surface area contributed by atoms with E-state index in [1.807, 2.05) is 0 Å². The van der Waals surface area contributed by atoms with Gasteiger partial charge in [-0.15, -0.1) is 0 Å². The molecule has 2 saturated heterocycles. The summed E-state index contributed by atoms with van der Waals surface area (Å²) in [5.41, 5.74) is -0.317. The first-order valence-corrected chi connectivity index (χ1v) is 6.34. The van der Waals surface area contributed by atoms with E-state index >= 15 is 0 Å². The van der Waals surface area contributed by atoms with Crippen LogP contribution in [0.3, 0.4) is 0 Å². The molecule has 2 aliphatic heterocycles. The van der Waals surface area contributed by atoms with Gasteiger partial charge in [0.2, 0.25) is 0 Å². The van der Waals surface area contributed by atoms with Crippen LogP contribution in [0.5, 0.6) is 0 Å².